The quantitative estimate of drug-likeness (QED) is 0.0847. The molecule has 4 aromatic rings. The van der Waals surface area contributed by atoms with Crippen LogP contribution in [-0.2, 0) is 9.47 Å². The summed E-state index contributed by atoms with van der Waals surface area (Å²) in [6.07, 6.45) is 2.04. The van der Waals surface area contributed by atoms with Gasteiger partial charge in [-0.1, -0.05) is 59.6 Å². The number of halogens is 3. The molecule has 1 aromatic heterocycles. The zero-order valence-corrected chi connectivity index (χ0v) is 34.8. The SMILES string of the molecule is COCOc1cc(-c2ccc3c(N4CCCOCC4)nc(OC[C@@]45CCCN4C[C@H](F)C5)nc3c2F)c2c(C#C[Si](C(C)C)(C(C)C)C(C)C)c(F)ccc2c1. The lowest BCUT2D eigenvalue weighted by Crippen LogP contribution is -2.43. The average molecular weight is 789 g/mol. The topological polar surface area (TPSA) is 69.2 Å². The Morgan fingerprint density at radius 3 is 2.46 bits per heavy atom. The average Bonchev–Trinajstić information content (AvgIpc) is 3.55. The van der Waals surface area contributed by atoms with Gasteiger partial charge in [-0.05, 0) is 77.6 Å². The van der Waals surface area contributed by atoms with Crippen LogP contribution < -0.4 is 14.4 Å². The molecule has 3 aliphatic heterocycles. The van der Waals surface area contributed by atoms with Gasteiger partial charge in [0.1, 0.15) is 43.8 Å². The Balaban J connectivity index is 1.42. The number of alkyl halides is 1. The summed E-state index contributed by atoms with van der Waals surface area (Å²) in [5.41, 5.74) is 5.22. The third-order valence-electron chi connectivity index (χ3n) is 12.5. The van der Waals surface area contributed by atoms with Crippen molar-refractivity contribution in [1.29, 1.82) is 0 Å². The molecule has 0 spiro atoms. The van der Waals surface area contributed by atoms with Gasteiger partial charge in [-0.2, -0.15) is 9.97 Å². The van der Waals surface area contributed by atoms with Gasteiger partial charge in [-0.15, -0.1) is 5.54 Å². The molecule has 300 valence electrons. The third-order valence-corrected chi connectivity index (χ3v) is 18.8. The number of hydrogen-bond acceptors (Lipinski definition) is 8. The molecule has 7 rings (SSSR count). The van der Waals surface area contributed by atoms with Crippen LogP contribution in [0.2, 0.25) is 16.6 Å². The second-order valence-electron chi connectivity index (χ2n) is 16.7. The molecule has 3 aliphatic rings. The van der Waals surface area contributed by atoms with E-state index >= 15 is 8.78 Å². The maximum Gasteiger partial charge on any atom is 0.319 e. The second kappa shape index (κ2) is 16.5. The largest absolute Gasteiger partial charge is 0.468 e. The molecule has 0 bridgehead atoms. The summed E-state index contributed by atoms with van der Waals surface area (Å²) in [6.45, 7) is 17.1. The molecule has 56 heavy (non-hydrogen) atoms. The van der Waals surface area contributed by atoms with Crippen LogP contribution in [-0.4, -0.2) is 94.6 Å². The Hall–Kier alpha value is -3.89. The van der Waals surface area contributed by atoms with Crippen LogP contribution >= 0.6 is 0 Å². The van der Waals surface area contributed by atoms with E-state index in [0.717, 1.165) is 25.8 Å². The number of anilines is 1. The Labute approximate surface area is 330 Å². The second-order valence-corrected chi connectivity index (χ2v) is 22.2. The zero-order valence-electron chi connectivity index (χ0n) is 33.8. The monoisotopic (exact) mass is 788 g/mol. The number of rotatable bonds is 11. The fourth-order valence-electron chi connectivity index (χ4n) is 9.81. The Morgan fingerprint density at radius 1 is 0.929 bits per heavy atom. The number of fused-ring (bicyclic) bond motifs is 3. The summed E-state index contributed by atoms with van der Waals surface area (Å²) in [7, 11) is -0.738. The van der Waals surface area contributed by atoms with Crippen molar-refractivity contribution in [2.75, 3.05) is 64.8 Å². The van der Waals surface area contributed by atoms with Crippen molar-refractivity contribution >= 4 is 35.6 Å². The van der Waals surface area contributed by atoms with Crippen LogP contribution in [0, 0.1) is 23.1 Å². The molecular weight excluding hydrogens is 734 g/mol. The maximum atomic E-state index is 17.6. The van der Waals surface area contributed by atoms with E-state index in [1.807, 2.05) is 12.1 Å². The maximum absolute atomic E-state index is 17.6. The lowest BCUT2D eigenvalue weighted by Gasteiger charge is -2.38. The molecule has 3 saturated heterocycles. The summed E-state index contributed by atoms with van der Waals surface area (Å²) >= 11 is 0. The summed E-state index contributed by atoms with van der Waals surface area (Å²) in [5, 5.41) is 1.68. The molecule has 0 aliphatic carbocycles. The molecule has 8 nitrogen and oxygen atoms in total. The first-order valence-electron chi connectivity index (χ1n) is 20.1. The van der Waals surface area contributed by atoms with Crippen LogP contribution in [0.1, 0.15) is 72.8 Å². The van der Waals surface area contributed by atoms with Crippen molar-refractivity contribution in [3.63, 3.8) is 0 Å². The highest BCUT2D eigenvalue weighted by Gasteiger charge is 2.49. The van der Waals surface area contributed by atoms with Gasteiger partial charge in [0.05, 0.1) is 17.7 Å². The van der Waals surface area contributed by atoms with Crippen molar-refractivity contribution < 1.29 is 32.1 Å². The van der Waals surface area contributed by atoms with E-state index in [2.05, 4.69) is 62.8 Å². The van der Waals surface area contributed by atoms with Crippen molar-refractivity contribution in [3.05, 3.63) is 53.6 Å². The smallest absolute Gasteiger partial charge is 0.319 e. The predicted molar refractivity (Wildman–Crippen MR) is 219 cm³/mol. The van der Waals surface area contributed by atoms with Crippen molar-refractivity contribution in [3.8, 4) is 34.4 Å². The van der Waals surface area contributed by atoms with Crippen molar-refractivity contribution in [1.82, 2.24) is 14.9 Å². The molecule has 0 N–H and O–H groups in total. The number of hydrogen-bond donors (Lipinski definition) is 0. The molecule has 4 heterocycles. The molecule has 0 radical (unpaired) electrons. The first-order chi connectivity index (χ1) is 26.9. The molecule has 2 atom stereocenters. The molecule has 0 saturated carbocycles. The minimum absolute atomic E-state index is 0.0246. The summed E-state index contributed by atoms with van der Waals surface area (Å²) in [5.74, 6) is 3.27. The van der Waals surface area contributed by atoms with Crippen LogP contribution in [0.5, 0.6) is 11.8 Å². The number of nitrogens with zero attached hydrogens (tertiary/aromatic N) is 4. The van der Waals surface area contributed by atoms with Gasteiger partial charge in [-0.25, -0.2) is 13.2 Å². The molecule has 0 unspecified atom stereocenters. The predicted octanol–water partition coefficient (Wildman–Crippen LogP) is 9.46. The molecule has 12 heteroatoms. The van der Waals surface area contributed by atoms with Gasteiger partial charge in [0, 0.05) is 56.1 Å². The molecular formula is C44H55F3N4O4Si. The first-order valence-corrected chi connectivity index (χ1v) is 22.4. The fraction of sp³-hybridized carbons (Fsp3) is 0.545. The van der Waals surface area contributed by atoms with Gasteiger partial charge in [0.25, 0.3) is 0 Å². The van der Waals surface area contributed by atoms with Gasteiger partial charge in [0.15, 0.2) is 12.6 Å². The van der Waals surface area contributed by atoms with E-state index in [-0.39, 0.29) is 36.1 Å². The van der Waals surface area contributed by atoms with E-state index in [1.165, 1.54) is 13.2 Å². The van der Waals surface area contributed by atoms with E-state index in [0.29, 0.717) is 89.2 Å². The highest BCUT2D eigenvalue weighted by Crippen LogP contribution is 2.44. The zero-order chi connectivity index (χ0) is 39.8. The minimum atomic E-state index is -2.27. The van der Waals surface area contributed by atoms with Crippen molar-refractivity contribution in [2.45, 2.75) is 95.6 Å². The Kier molecular flexibility index (Phi) is 11.9. The number of benzene rings is 3. The summed E-state index contributed by atoms with van der Waals surface area (Å²) in [4.78, 5) is 13.9. The Morgan fingerprint density at radius 2 is 1.71 bits per heavy atom. The van der Waals surface area contributed by atoms with Crippen LogP contribution in [0.25, 0.3) is 32.8 Å². The lowest BCUT2D eigenvalue weighted by atomic mass is 9.93. The Bertz CT molecular complexity index is 2110. The van der Waals surface area contributed by atoms with E-state index in [9.17, 15) is 4.39 Å². The molecule has 3 aromatic carbocycles. The van der Waals surface area contributed by atoms with Crippen LogP contribution in [0.3, 0.4) is 0 Å². The number of methoxy groups -OCH3 is 1. The van der Waals surface area contributed by atoms with Gasteiger partial charge < -0.3 is 23.8 Å². The van der Waals surface area contributed by atoms with Gasteiger partial charge in [-0.3, -0.25) is 4.90 Å². The lowest BCUT2D eigenvalue weighted by molar-refractivity contribution is 0.0512. The minimum Gasteiger partial charge on any atom is -0.468 e. The van der Waals surface area contributed by atoms with Crippen LogP contribution in [0.4, 0.5) is 19.0 Å². The van der Waals surface area contributed by atoms with E-state index in [4.69, 9.17) is 28.9 Å². The van der Waals surface area contributed by atoms with E-state index < -0.39 is 31.4 Å². The summed E-state index contributed by atoms with van der Waals surface area (Å²) < 4.78 is 71.7. The number of ether oxygens (including phenoxy) is 4. The highest BCUT2D eigenvalue weighted by molar-refractivity contribution is 6.90. The van der Waals surface area contributed by atoms with Crippen LogP contribution in [0.15, 0.2) is 36.4 Å². The fourth-order valence-corrected chi connectivity index (χ4v) is 15.0. The number of aromatic nitrogens is 2. The van der Waals surface area contributed by atoms with E-state index in [1.54, 1.807) is 18.2 Å². The van der Waals surface area contributed by atoms with Crippen molar-refractivity contribution in [2.24, 2.45) is 0 Å². The third kappa shape index (κ3) is 7.48. The standard InChI is InChI=1S/C44H55F3N4O4Si/c1-28(2)56(29(3)4,30(5)6)21-14-35-38(46)13-10-31-22-33(55-27-52-7)23-37(39(31)35)34-11-12-36-41(40(34)47)48-43(49-42(36)50-16-9-19-53-20-18-50)54-26-44-15-8-17-51(44)25-32(45)24-44/h10-13,22-23,28-30,32H,8-9,15-20,24-27H2,1-7H3/t32-,44+/m1/s1. The first kappa shape index (κ1) is 40.3. The highest BCUT2D eigenvalue weighted by atomic mass is 28.3. The molecule has 3 fully saturated rings. The normalized spacial score (nSPS) is 20.6. The van der Waals surface area contributed by atoms with Gasteiger partial charge >= 0.3 is 6.01 Å². The van der Waals surface area contributed by atoms with Gasteiger partial charge in [0.2, 0.25) is 0 Å². The molecule has 0 amide bonds. The summed E-state index contributed by atoms with van der Waals surface area (Å²) in [6, 6.07) is 10.2.